The maximum absolute atomic E-state index is 11.3. The first kappa shape index (κ1) is 12.0. The minimum absolute atomic E-state index is 0.251. The van der Waals surface area contributed by atoms with E-state index < -0.39 is 5.92 Å². The van der Waals surface area contributed by atoms with Crippen molar-refractivity contribution in [2.45, 2.75) is 40.0 Å². The zero-order valence-electron chi connectivity index (χ0n) is 8.42. The minimum Gasteiger partial charge on any atom is -0.298 e. The molecule has 0 atom stereocenters. The lowest BCUT2D eigenvalue weighted by Gasteiger charge is -2.09. The first-order valence-electron chi connectivity index (χ1n) is 4.66. The average Bonchev–Trinajstić information content (AvgIpc) is 2.16. The van der Waals surface area contributed by atoms with E-state index in [0.29, 0.717) is 0 Å². The predicted molar refractivity (Wildman–Crippen MR) is 49.4 cm³/mol. The molecule has 3 heteroatoms. The molecule has 13 heavy (non-hydrogen) atoms. The van der Waals surface area contributed by atoms with Gasteiger partial charge >= 0.3 is 0 Å². The molecule has 0 aliphatic rings. The molecule has 0 radical (unpaired) electrons. The van der Waals surface area contributed by atoms with Crippen LogP contribution in [-0.2, 0) is 14.4 Å². The Morgan fingerprint density at radius 3 is 1.15 bits per heavy atom. The van der Waals surface area contributed by atoms with E-state index >= 15 is 0 Å². The fourth-order valence-corrected chi connectivity index (χ4v) is 1.15. The van der Waals surface area contributed by atoms with E-state index in [-0.39, 0.29) is 36.6 Å². The fraction of sp³-hybridized carbons (Fsp3) is 0.700. The molecule has 0 spiro atoms. The van der Waals surface area contributed by atoms with E-state index in [9.17, 15) is 14.4 Å². The Labute approximate surface area is 78.5 Å². The van der Waals surface area contributed by atoms with Crippen LogP contribution in [0.3, 0.4) is 0 Å². The van der Waals surface area contributed by atoms with Crippen molar-refractivity contribution in [3.05, 3.63) is 0 Å². The zero-order valence-corrected chi connectivity index (χ0v) is 8.42. The lowest BCUT2D eigenvalue weighted by Crippen LogP contribution is -2.30. The van der Waals surface area contributed by atoms with Crippen LogP contribution in [0.5, 0.6) is 0 Å². The average molecular weight is 184 g/mol. The van der Waals surface area contributed by atoms with Crippen LogP contribution in [0.15, 0.2) is 0 Å². The van der Waals surface area contributed by atoms with Crippen LogP contribution in [0.2, 0.25) is 0 Å². The van der Waals surface area contributed by atoms with E-state index in [0.717, 1.165) is 0 Å². The minimum atomic E-state index is -0.986. The third-order valence-corrected chi connectivity index (χ3v) is 2.01. The van der Waals surface area contributed by atoms with Gasteiger partial charge in [-0.1, -0.05) is 20.8 Å². The third-order valence-electron chi connectivity index (χ3n) is 2.01. The molecule has 0 saturated carbocycles. The molecule has 0 aliphatic heterocycles. The molecule has 74 valence electrons. The van der Waals surface area contributed by atoms with E-state index in [1.54, 1.807) is 20.8 Å². The Morgan fingerprint density at radius 1 is 0.769 bits per heavy atom. The highest BCUT2D eigenvalue weighted by Crippen LogP contribution is 2.09. The second-order valence-corrected chi connectivity index (χ2v) is 2.89. The second kappa shape index (κ2) is 5.62. The normalized spacial score (nSPS) is 10.2. The van der Waals surface area contributed by atoms with Gasteiger partial charge in [-0.25, -0.2) is 0 Å². The van der Waals surface area contributed by atoms with E-state index in [1.165, 1.54) is 0 Å². The van der Waals surface area contributed by atoms with Crippen molar-refractivity contribution in [2.24, 2.45) is 5.92 Å². The molecule has 0 N–H and O–H groups in total. The highest BCUT2D eigenvalue weighted by Gasteiger charge is 2.29. The molecule has 0 aromatic carbocycles. The Hall–Kier alpha value is -0.990. The molecule has 3 nitrogen and oxygen atoms in total. The largest absolute Gasteiger partial charge is 0.298 e. The molecule has 0 bridgehead atoms. The summed E-state index contributed by atoms with van der Waals surface area (Å²) in [5.74, 6) is -1.74. The van der Waals surface area contributed by atoms with Gasteiger partial charge in [0, 0.05) is 19.3 Å². The molecule has 0 rings (SSSR count). The number of carbonyl (C=O) groups excluding carboxylic acids is 3. The third kappa shape index (κ3) is 3.09. The summed E-state index contributed by atoms with van der Waals surface area (Å²) >= 11 is 0. The standard InChI is InChI=1S/C10H16O3/c1-4-7(11)10(8(12)5-2)9(13)6-3/h10H,4-6H2,1-3H3. The van der Waals surface area contributed by atoms with Crippen molar-refractivity contribution < 1.29 is 14.4 Å². The summed E-state index contributed by atoms with van der Waals surface area (Å²) in [6.07, 6.45) is 0.756. The Balaban J connectivity index is 4.64. The van der Waals surface area contributed by atoms with Gasteiger partial charge in [0.05, 0.1) is 0 Å². The van der Waals surface area contributed by atoms with E-state index in [1.807, 2.05) is 0 Å². The summed E-state index contributed by atoms with van der Waals surface area (Å²) < 4.78 is 0. The quantitative estimate of drug-likeness (QED) is 0.588. The lowest BCUT2D eigenvalue weighted by molar-refractivity contribution is -0.139. The van der Waals surface area contributed by atoms with Crippen molar-refractivity contribution in [2.75, 3.05) is 0 Å². The molecule has 0 aromatic heterocycles. The highest BCUT2D eigenvalue weighted by atomic mass is 16.2. The van der Waals surface area contributed by atoms with Crippen molar-refractivity contribution >= 4 is 17.3 Å². The second-order valence-electron chi connectivity index (χ2n) is 2.89. The van der Waals surface area contributed by atoms with Crippen molar-refractivity contribution in [1.82, 2.24) is 0 Å². The van der Waals surface area contributed by atoms with Crippen molar-refractivity contribution in [1.29, 1.82) is 0 Å². The van der Waals surface area contributed by atoms with Gasteiger partial charge in [-0.3, -0.25) is 14.4 Å². The number of carbonyl (C=O) groups is 3. The fourth-order valence-electron chi connectivity index (χ4n) is 1.15. The Kier molecular flexibility index (Phi) is 5.19. The maximum Gasteiger partial charge on any atom is 0.150 e. The molecule has 0 unspecified atom stereocenters. The molecule has 0 fully saturated rings. The number of hydrogen-bond acceptors (Lipinski definition) is 3. The van der Waals surface area contributed by atoms with Crippen molar-refractivity contribution in [3.8, 4) is 0 Å². The van der Waals surface area contributed by atoms with Gasteiger partial charge in [-0.2, -0.15) is 0 Å². The van der Waals surface area contributed by atoms with Crippen LogP contribution in [0.4, 0.5) is 0 Å². The molecule has 0 saturated heterocycles. The topological polar surface area (TPSA) is 51.2 Å². The van der Waals surface area contributed by atoms with Crippen LogP contribution in [0.25, 0.3) is 0 Å². The van der Waals surface area contributed by atoms with Crippen LogP contribution in [0, 0.1) is 5.92 Å². The lowest BCUT2D eigenvalue weighted by atomic mass is 9.90. The van der Waals surface area contributed by atoms with Crippen LogP contribution in [-0.4, -0.2) is 17.3 Å². The molecular formula is C10H16O3. The van der Waals surface area contributed by atoms with Gasteiger partial charge in [0.15, 0.2) is 17.3 Å². The summed E-state index contributed by atoms with van der Waals surface area (Å²) in [5.41, 5.74) is 0. The number of Topliss-reactive ketones (excluding diaryl/α,β-unsaturated/α-hetero) is 3. The molecule has 0 aliphatic carbocycles. The van der Waals surface area contributed by atoms with Gasteiger partial charge < -0.3 is 0 Å². The molecule has 0 aromatic rings. The van der Waals surface area contributed by atoms with Gasteiger partial charge in [-0.05, 0) is 0 Å². The molecule has 0 amide bonds. The summed E-state index contributed by atoms with van der Waals surface area (Å²) in [5, 5.41) is 0. The summed E-state index contributed by atoms with van der Waals surface area (Å²) in [7, 11) is 0. The monoisotopic (exact) mass is 184 g/mol. The summed E-state index contributed by atoms with van der Waals surface area (Å²) in [6.45, 7) is 5.00. The smallest absolute Gasteiger partial charge is 0.150 e. The number of rotatable bonds is 6. The summed E-state index contributed by atoms with van der Waals surface area (Å²) in [6, 6.07) is 0. The van der Waals surface area contributed by atoms with Crippen molar-refractivity contribution in [3.63, 3.8) is 0 Å². The van der Waals surface area contributed by atoms with Gasteiger partial charge in [0.1, 0.15) is 5.92 Å². The van der Waals surface area contributed by atoms with Crippen LogP contribution < -0.4 is 0 Å². The predicted octanol–water partition coefficient (Wildman–Crippen LogP) is 1.54. The first-order valence-corrected chi connectivity index (χ1v) is 4.66. The summed E-state index contributed by atoms with van der Waals surface area (Å²) in [4.78, 5) is 33.8. The van der Waals surface area contributed by atoms with E-state index in [4.69, 9.17) is 0 Å². The van der Waals surface area contributed by atoms with Gasteiger partial charge in [-0.15, -0.1) is 0 Å². The van der Waals surface area contributed by atoms with E-state index in [2.05, 4.69) is 0 Å². The van der Waals surface area contributed by atoms with Gasteiger partial charge in [0.25, 0.3) is 0 Å². The first-order chi connectivity index (χ1) is 6.08. The zero-order chi connectivity index (χ0) is 10.4. The SMILES string of the molecule is CCC(=O)C(C(=O)CC)C(=O)CC. The maximum atomic E-state index is 11.3. The molecular weight excluding hydrogens is 168 g/mol. The Morgan fingerprint density at radius 2 is 1.00 bits per heavy atom. The van der Waals surface area contributed by atoms with Gasteiger partial charge in [0.2, 0.25) is 0 Å². The Bertz CT molecular complexity index is 180. The number of hydrogen-bond donors (Lipinski definition) is 0. The molecule has 0 heterocycles. The highest BCUT2D eigenvalue weighted by molar-refractivity contribution is 6.19. The van der Waals surface area contributed by atoms with Crippen LogP contribution >= 0.6 is 0 Å². The number of ketones is 3. The van der Waals surface area contributed by atoms with Crippen LogP contribution in [0.1, 0.15) is 40.0 Å².